The summed E-state index contributed by atoms with van der Waals surface area (Å²) in [6.45, 7) is 11.1. The van der Waals surface area contributed by atoms with Crippen LogP contribution < -0.4 is 20.7 Å². The summed E-state index contributed by atoms with van der Waals surface area (Å²) in [5.74, 6) is -3.73. The Bertz CT molecular complexity index is 2010. The second-order valence-electron chi connectivity index (χ2n) is 15.6. The van der Waals surface area contributed by atoms with E-state index in [1.165, 1.54) is 6.07 Å². The summed E-state index contributed by atoms with van der Waals surface area (Å²) in [7, 11) is -4.15. The Morgan fingerprint density at radius 3 is 2.04 bits per heavy atom. The molecule has 13 heteroatoms. The zero-order chi connectivity index (χ0) is 41.7. The lowest BCUT2D eigenvalue weighted by Crippen LogP contribution is -2.59. The molecular formula is C44H59N5O7S. The van der Waals surface area contributed by atoms with Gasteiger partial charge >= 0.3 is 0 Å². The molecule has 0 saturated carbocycles. The molecule has 3 aromatic carbocycles. The summed E-state index contributed by atoms with van der Waals surface area (Å²) in [4.78, 5) is 46.0. The number of rotatable bonds is 21. The van der Waals surface area contributed by atoms with Gasteiger partial charge in [-0.1, -0.05) is 115 Å². The highest BCUT2D eigenvalue weighted by molar-refractivity contribution is 7.89. The van der Waals surface area contributed by atoms with Crippen LogP contribution in [0.3, 0.4) is 0 Å². The molecule has 308 valence electrons. The third-order valence-corrected chi connectivity index (χ3v) is 11.8. The molecule has 0 fully saturated rings. The summed E-state index contributed by atoms with van der Waals surface area (Å²) in [5.41, 5.74) is 1.56. The third kappa shape index (κ3) is 12.9. The highest BCUT2D eigenvalue weighted by atomic mass is 32.2. The number of aliphatic hydroxyl groups excluding tert-OH is 2. The fourth-order valence-electron chi connectivity index (χ4n) is 6.78. The van der Waals surface area contributed by atoms with Crippen LogP contribution in [0.4, 0.5) is 0 Å². The van der Waals surface area contributed by atoms with Crippen LogP contribution in [-0.2, 0) is 37.4 Å². The lowest BCUT2D eigenvalue weighted by molar-refractivity contribution is -0.138. The number of hydrogen-bond donors (Lipinski definition) is 6. The lowest BCUT2D eigenvalue weighted by Gasteiger charge is -2.35. The molecule has 0 radical (unpaired) electrons. The molecule has 4 aromatic rings. The monoisotopic (exact) mass is 801 g/mol. The largest absolute Gasteiger partial charge is 0.390 e. The van der Waals surface area contributed by atoms with Gasteiger partial charge in [0.1, 0.15) is 18.2 Å². The van der Waals surface area contributed by atoms with Gasteiger partial charge in [-0.25, -0.2) is 8.42 Å². The van der Waals surface area contributed by atoms with Gasteiger partial charge in [-0.2, -0.15) is 4.72 Å². The van der Waals surface area contributed by atoms with Crippen LogP contribution >= 0.6 is 0 Å². The Balaban J connectivity index is 1.57. The maximum Gasteiger partial charge on any atom is 0.243 e. The zero-order valence-electron chi connectivity index (χ0n) is 33.8. The molecule has 3 amide bonds. The topological polar surface area (TPSA) is 187 Å². The SMILES string of the molecule is CCC(C)[C@H](NC(=O)[C@H](CCc1ccccc1)[C@@H](O)[C@H](O)[C@H](CC(C)C)NC(=O)[C@@H](NS(=O)(=O)c1ccc2ccccc2c1)C(C)C)C(=O)NCc1ccccn1. The first-order chi connectivity index (χ1) is 27.1. The molecule has 1 heterocycles. The van der Waals surface area contributed by atoms with Crippen molar-refractivity contribution in [3.8, 4) is 0 Å². The van der Waals surface area contributed by atoms with Gasteiger partial charge in [-0.3, -0.25) is 19.4 Å². The molecule has 1 aromatic heterocycles. The van der Waals surface area contributed by atoms with E-state index < -0.39 is 69.9 Å². The number of pyridine rings is 1. The third-order valence-electron chi connectivity index (χ3n) is 10.4. The quantitative estimate of drug-likeness (QED) is 0.0688. The minimum absolute atomic E-state index is 0.00205. The van der Waals surface area contributed by atoms with Crippen LogP contribution in [0.5, 0.6) is 0 Å². The summed E-state index contributed by atoms with van der Waals surface area (Å²) in [6, 6.07) is 23.6. The van der Waals surface area contributed by atoms with E-state index in [2.05, 4.69) is 25.7 Å². The summed E-state index contributed by atoms with van der Waals surface area (Å²) in [6.07, 6.45) is -0.375. The molecule has 6 N–H and O–H groups in total. The Labute approximate surface area is 337 Å². The molecule has 7 atom stereocenters. The van der Waals surface area contributed by atoms with Gasteiger partial charge in [0.25, 0.3) is 0 Å². The minimum Gasteiger partial charge on any atom is -0.390 e. The van der Waals surface area contributed by atoms with E-state index >= 15 is 0 Å². The van der Waals surface area contributed by atoms with E-state index in [0.29, 0.717) is 18.5 Å². The number of nitrogens with one attached hydrogen (secondary N) is 4. The second-order valence-corrected chi connectivity index (χ2v) is 17.3. The van der Waals surface area contributed by atoms with Gasteiger partial charge in [-0.05, 0) is 77.6 Å². The molecule has 1 unspecified atom stereocenters. The van der Waals surface area contributed by atoms with Crippen molar-refractivity contribution in [2.45, 2.75) is 109 Å². The number of fused-ring (bicyclic) bond motifs is 1. The van der Waals surface area contributed by atoms with E-state index in [4.69, 9.17) is 0 Å². The van der Waals surface area contributed by atoms with E-state index in [0.717, 1.165) is 16.3 Å². The van der Waals surface area contributed by atoms with Crippen molar-refractivity contribution in [1.82, 2.24) is 25.7 Å². The van der Waals surface area contributed by atoms with Gasteiger partial charge in [0.05, 0.1) is 35.2 Å². The molecule has 57 heavy (non-hydrogen) atoms. The number of nitrogens with zero attached hydrogens (tertiary/aromatic N) is 1. The van der Waals surface area contributed by atoms with E-state index in [9.17, 15) is 33.0 Å². The summed E-state index contributed by atoms with van der Waals surface area (Å²) in [5, 5.41) is 33.9. The Morgan fingerprint density at radius 2 is 1.40 bits per heavy atom. The molecule has 0 saturated heterocycles. The van der Waals surface area contributed by atoms with E-state index in [-0.39, 0.29) is 36.1 Å². The Kier molecular flexibility index (Phi) is 16.7. The second kappa shape index (κ2) is 21.2. The van der Waals surface area contributed by atoms with Crippen LogP contribution in [-0.4, -0.2) is 71.7 Å². The number of amides is 3. The van der Waals surface area contributed by atoms with Crippen LogP contribution in [0.2, 0.25) is 0 Å². The average molecular weight is 802 g/mol. The van der Waals surface area contributed by atoms with Crippen molar-refractivity contribution in [3.05, 3.63) is 108 Å². The predicted octanol–water partition coefficient (Wildman–Crippen LogP) is 4.89. The van der Waals surface area contributed by atoms with Crippen LogP contribution in [0, 0.1) is 23.7 Å². The number of sulfonamides is 1. The predicted molar refractivity (Wildman–Crippen MR) is 222 cm³/mol. The van der Waals surface area contributed by atoms with E-state index in [1.54, 1.807) is 50.4 Å². The van der Waals surface area contributed by atoms with E-state index in [1.807, 2.05) is 82.3 Å². The van der Waals surface area contributed by atoms with Crippen molar-refractivity contribution in [2.75, 3.05) is 0 Å². The van der Waals surface area contributed by atoms with Gasteiger partial charge in [0.2, 0.25) is 27.7 Å². The number of carbonyl (C=O) groups excluding carboxylic acids is 3. The normalized spacial score (nSPS) is 15.6. The first kappa shape index (κ1) is 45.0. The van der Waals surface area contributed by atoms with Gasteiger partial charge < -0.3 is 26.2 Å². The highest BCUT2D eigenvalue weighted by Gasteiger charge is 2.40. The lowest BCUT2D eigenvalue weighted by atomic mass is 9.85. The number of carbonyl (C=O) groups is 3. The molecule has 0 aliphatic heterocycles. The first-order valence-corrected chi connectivity index (χ1v) is 21.3. The van der Waals surface area contributed by atoms with Crippen LogP contribution in [0.15, 0.2) is 102 Å². The molecular weight excluding hydrogens is 743 g/mol. The fourth-order valence-corrected chi connectivity index (χ4v) is 8.16. The first-order valence-electron chi connectivity index (χ1n) is 19.8. The Hall–Kier alpha value is -4.69. The molecule has 0 bridgehead atoms. The molecule has 4 rings (SSSR count). The van der Waals surface area contributed by atoms with Gasteiger partial charge in [-0.15, -0.1) is 0 Å². The fraction of sp³-hybridized carbons (Fsp3) is 0.455. The van der Waals surface area contributed by atoms with Crippen LogP contribution in [0.25, 0.3) is 10.8 Å². The van der Waals surface area contributed by atoms with Gasteiger partial charge in [0.15, 0.2) is 0 Å². The minimum atomic E-state index is -4.15. The number of aryl methyl sites for hydroxylation is 1. The summed E-state index contributed by atoms with van der Waals surface area (Å²) >= 11 is 0. The standard InChI is InChI=1S/C44H59N5O7S/c1-7-30(6)39(43(53)46-27-34-19-13-14-24-45-34)48-42(52)36(23-20-31-15-9-8-10-16-31)40(50)41(51)37(25-28(2)3)47-44(54)38(29(4)5)49-57(55,56)35-22-21-32-17-11-12-18-33(32)26-35/h8-19,21-22,24,26,28-30,36-41,49-51H,7,20,23,25,27H2,1-6H3,(H,46,53)(H,47,54)(H,48,52)/t30?,36-,37+,38+,39+,40-,41-/m1/s1. The zero-order valence-corrected chi connectivity index (χ0v) is 34.6. The van der Waals surface area contributed by atoms with Crippen molar-refractivity contribution in [1.29, 1.82) is 0 Å². The molecule has 12 nitrogen and oxygen atoms in total. The molecule has 0 spiro atoms. The smallest absolute Gasteiger partial charge is 0.243 e. The van der Waals surface area contributed by atoms with Crippen molar-refractivity contribution >= 4 is 38.5 Å². The molecule has 0 aliphatic rings. The number of benzene rings is 3. The summed E-state index contributed by atoms with van der Waals surface area (Å²) < 4.78 is 29.8. The van der Waals surface area contributed by atoms with Crippen LogP contribution in [0.1, 0.15) is 72.1 Å². The number of aromatic nitrogens is 1. The van der Waals surface area contributed by atoms with Crippen molar-refractivity contribution < 1.29 is 33.0 Å². The highest BCUT2D eigenvalue weighted by Crippen LogP contribution is 2.24. The number of hydrogen-bond acceptors (Lipinski definition) is 8. The Morgan fingerprint density at radius 1 is 0.737 bits per heavy atom. The van der Waals surface area contributed by atoms with Gasteiger partial charge in [0, 0.05) is 6.20 Å². The molecule has 0 aliphatic carbocycles. The number of aliphatic hydroxyl groups is 2. The maximum absolute atomic E-state index is 14.2. The van der Waals surface area contributed by atoms with Crippen molar-refractivity contribution in [2.24, 2.45) is 23.7 Å². The van der Waals surface area contributed by atoms with Crippen molar-refractivity contribution in [3.63, 3.8) is 0 Å². The maximum atomic E-state index is 14.2. The average Bonchev–Trinajstić information content (AvgIpc) is 3.20.